The zero-order chi connectivity index (χ0) is 54.4. The molecule has 0 radical (unpaired) electrons. The van der Waals surface area contributed by atoms with Crippen molar-refractivity contribution in [2.24, 2.45) is 0 Å². The van der Waals surface area contributed by atoms with Gasteiger partial charge < -0.3 is 42.4 Å². The van der Waals surface area contributed by atoms with E-state index in [0.29, 0.717) is 52.3 Å². The molecule has 2 amide bonds. The van der Waals surface area contributed by atoms with Gasteiger partial charge >= 0.3 is 10.1 Å². The normalized spacial score (nSPS) is 11.0. The molecule has 8 rings (SSSR count). The highest BCUT2D eigenvalue weighted by molar-refractivity contribution is 7.91. The molecule has 8 aromatic carbocycles. The van der Waals surface area contributed by atoms with Crippen molar-refractivity contribution < 1.29 is 59.0 Å². The molecule has 0 spiro atoms. The lowest BCUT2D eigenvalue weighted by molar-refractivity contribution is 0.0976. The monoisotopic (exact) mass is 1080 g/mol. The SMILES string of the molecule is COc1cc(C(=O)N(Cc2ccccc2)c2ccc(OS(=O)(=O)c3cccc(S(=O)(=O)c4ccc(P)cc4)c3)cc2)cc(OC)c1OC.COc1cc(C(=O)N(Cc2ccccc2)c2ccccc2)cc(OC)c1OC. The lowest BCUT2D eigenvalue weighted by Gasteiger charge is -2.24. The Morgan fingerprint density at radius 3 is 1.22 bits per heavy atom. The first-order valence-electron chi connectivity index (χ1n) is 23.3. The van der Waals surface area contributed by atoms with Crippen molar-refractivity contribution in [1.82, 2.24) is 0 Å². The molecule has 18 heteroatoms. The highest BCUT2D eigenvalue weighted by Gasteiger charge is 2.27. The summed E-state index contributed by atoms with van der Waals surface area (Å²) in [6.07, 6.45) is 0. The number of rotatable bonds is 19. The van der Waals surface area contributed by atoms with Crippen molar-refractivity contribution in [2.75, 3.05) is 52.5 Å². The van der Waals surface area contributed by atoms with Crippen molar-refractivity contribution in [2.45, 2.75) is 27.8 Å². The number of nitrogens with zero attached hydrogens (tertiary/aromatic N) is 2. The van der Waals surface area contributed by atoms with Gasteiger partial charge in [-0.15, -0.1) is 9.24 Å². The molecule has 0 aromatic heterocycles. The fourth-order valence-corrected chi connectivity index (χ4v) is 10.4. The van der Waals surface area contributed by atoms with Crippen molar-refractivity contribution in [1.29, 1.82) is 0 Å². The lowest BCUT2D eigenvalue weighted by Crippen LogP contribution is -2.30. The van der Waals surface area contributed by atoms with E-state index in [1.807, 2.05) is 91.0 Å². The highest BCUT2D eigenvalue weighted by atomic mass is 32.2. The Balaban J connectivity index is 0.000000254. The van der Waals surface area contributed by atoms with Crippen LogP contribution in [-0.4, -0.2) is 71.3 Å². The Morgan fingerprint density at radius 2 is 0.816 bits per heavy atom. The van der Waals surface area contributed by atoms with Crippen molar-refractivity contribution in [3.05, 3.63) is 210 Å². The quantitative estimate of drug-likeness (QED) is 0.0553. The second kappa shape index (κ2) is 25.2. The number of ether oxygens (including phenoxy) is 6. The number of carbonyl (C=O) groups is 2. The van der Waals surface area contributed by atoms with Gasteiger partial charge in [0.1, 0.15) is 10.6 Å². The molecule has 0 saturated heterocycles. The predicted octanol–water partition coefficient (Wildman–Crippen LogP) is 10.2. The first-order valence-corrected chi connectivity index (χ1v) is 26.7. The van der Waals surface area contributed by atoms with E-state index in [9.17, 15) is 26.4 Å². The average Bonchev–Trinajstić information content (AvgIpc) is 3.45. The van der Waals surface area contributed by atoms with Gasteiger partial charge in [-0.1, -0.05) is 97.1 Å². The molecule has 15 nitrogen and oxygen atoms in total. The fraction of sp³-hybridized carbons (Fsp3) is 0.138. The molecule has 0 aliphatic rings. The van der Waals surface area contributed by atoms with Crippen LogP contribution in [0.1, 0.15) is 31.8 Å². The number of hydrogen-bond acceptors (Lipinski definition) is 13. The summed E-state index contributed by atoms with van der Waals surface area (Å²) in [6.45, 7) is 0.635. The number of hydrogen-bond donors (Lipinski definition) is 0. The molecule has 76 heavy (non-hydrogen) atoms. The van der Waals surface area contributed by atoms with Gasteiger partial charge in [0, 0.05) is 22.5 Å². The zero-order valence-corrected chi connectivity index (χ0v) is 45.2. The van der Waals surface area contributed by atoms with E-state index in [1.165, 1.54) is 90.0 Å². The largest absolute Gasteiger partial charge is 0.493 e. The topological polar surface area (TPSA) is 174 Å². The molecular formula is C58H55N2O13PS2. The van der Waals surface area contributed by atoms with Crippen molar-refractivity contribution in [3.63, 3.8) is 0 Å². The van der Waals surface area contributed by atoms with E-state index in [1.54, 1.807) is 53.4 Å². The number of carbonyl (C=O) groups excluding carboxylic acids is 2. The van der Waals surface area contributed by atoms with Crippen molar-refractivity contribution >= 4 is 57.7 Å². The maximum atomic E-state index is 14.0. The molecule has 392 valence electrons. The number of sulfone groups is 1. The van der Waals surface area contributed by atoms with Gasteiger partial charge in [0.25, 0.3) is 11.8 Å². The molecule has 0 N–H and O–H groups in total. The molecular weight excluding hydrogens is 1030 g/mol. The van der Waals surface area contributed by atoms with Gasteiger partial charge in [-0.3, -0.25) is 9.59 Å². The lowest BCUT2D eigenvalue weighted by atomic mass is 10.1. The van der Waals surface area contributed by atoms with Crippen LogP contribution in [0.15, 0.2) is 203 Å². The van der Waals surface area contributed by atoms with Gasteiger partial charge in [-0.05, 0) is 107 Å². The molecule has 1 atom stereocenters. The van der Waals surface area contributed by atoms with Gasteiger partial charge in [0.05, 0.1) is 65.5 Å². The highest BCUT2D eigenvalue weighted by Crippen LogP contribution is 2.40. The first kappa shape index (κ1) is 55.4. The molecule has 0 heterocycles. The van der Waals surface area contributed by atoms with Gasteiger partial charge in [-0.25, -0.2) is 8.42 Å². The van der Waals surface area contributed by atoms with Crippen LogP contribution in [0.25, 0.3) is 0 Å². The van der Waals surface area contributed by atoms with Crippen LogP contribution in [0.4, 0.5) is 11.4 Å². The standard InChI is InChI=1S/C35H32NO9PS2.C23H23NO4/c1-42-32-20-25(21-33(43-2)34(32)44-3)35(37)36(23-24-8-5-4-6-9-24)26-12-14-27(15-13-26)45-48(40,41)31-11-7-10-30(22-31)47(38,39)29-18-16-28(46)17-19-29;1-26-20-14-18(15-21(27-2)22(20)28-3)23(25)24(19-12-8-5-9-13-19)16-17-10-6-4-7-11-17/h4-22H,23,46H2,1-3H3;4-15H,16H2,1-3H3. The maximum Gasteiger partial charge on any atom is 0.339 e. The van der Waals surface area contributed by atoms with Crippen molar-refractivity contribution in [3.8, 4) is 40.2 Å². The summed E-state index contributed by atoms with van der Waals surface area (Å²) in [4.78, 5) is 30.2. The van der Waals surface area contributed by atoms with E-state index in [0.717, 1.165) is 28.2 Å². The summed E-state index contributed by atoms with van der Waals surface area (Å²) in [7, 11) is 3.04. The Hall–Kier alpha value is -8.37. The van der Waals surface area contributed by atoms with E-state index in [-0.39, 0.29) is 44.4 Å². The summed E-state index contributed by atoms with van der Waals surface area (Å²) in [5.74, 6) is 1.72. The summed E-state index contributed by atoms with van der Waals surface area (Å²) < 4.78 is 90.7. The molecule has 0 aliphatic heterocycles. The van der Waals surface area contributed by atoms with Gasteiger partial charge in [-0.2, -0.15) is 8.42 Å². The predicted molar refractivity (Wildman–Crippen MR) is 294 cm³/mol. The van der Waals surface area contributed by atoms with E-state index < -0.39 is 20.0 Å². The minimum atomic E-state index is -4.44. The van der Waals surface area contributed by atoms with Gasteiger partial charge in [0.2, 0.25) is 21.3 Å². The average molecular weight is 1080 g/mol. The van der Waals surface area contributed by atoms with Crippen LogP contribution in [0.5, 0.6) is 40.2 Å². The smallest absolute Gasteiger partial charge is 0.339 e. The summed E-state index contributed by atoms with van der Waals surface area (Å²) in [5.41, 5.74) is 3.86. The van der Waals surface area contributed by atoms with E-state index in [2.05, 4.69) is 9.24 Å². The van der Waals surface area contributed by atoms with Crippen LogP contribution < -0.4 is 47.7 Å². The molecule has 0 bridgehead atoms. The third-order valence-electron chi connectivity index (χ3n) is 11.7. The summed E-state index contributed by atoms with van der Waals surface area (Å²) >= 11 is 0. The number of para-hydroxylation sites is 1. The Labute approximate surface area is 445 Å². The number of methoxy groups -OCH3 is 6. The maximum absolute atomic E-state index is 14.0. The first-order chi connectivity index (χ1) is 36.6. The molecule has 0 aliphatic carbocycles. The molecule has 8 aromatic rings. The minimum absolute atomic E-state index is 0.0286. The van der Waals surface area contributed by atoms with E-state index in [4.69, 9.17) is 32.6 Å². The second-order valence-electron chi connectivity index (χ2n) is 16.5. The Bertz CT molecular complexity index is 3450. The third kappa shape index (κ3) is 13.1. The van der Waals surface area contributed by atoms with Crippen LogP contribution in [-0.2, 0) is 33.0 Å². The van der Waals surface area contributed by atoms with Gasteiger partial charge in [0.15, 0.2) is 23.0 Å². The number of amides is 2. The molecule has 0 saturated carbocycles. The fourth-order valence-electron chi connectivity index (χ4n) is 7.86. The van der Waals surface area contributed by atoms with E-state index >= 15 is 0 Å². The Morgan fingerprint density at radius 1 is 0.421 bits per heavy atom. The molecule has 1 unspecified atom stereocenters. The van der Waals surface area contributed by atoms with Crippen LogP contribution >= 0.6 is 9.24 Å². The zero-order valence-electron chi connectivity index (χ0n) is 42.4. The van der Waals surface area contributed by atoms with Crippen LogP contribution in [0.3, 0.4) is 0 Å². The summed E-state index contributed by atoms with van der Waals surface area (Å²) in [6, 6.07) is 52.3. The Kier molecular flexibility index (Phi) is 18.4. The number of benzene rings is 8. The molecule has 0 fully saturated rings. The van der Waals surface area contributed by atoms with Crippen LogP contribution in [0.2, 0.25) is 0 Å². The second-order valence-corrected chi connectivity index (χ2v) is 20.7. The minimum Gasteiger partial charge on any atom is -0.493 e. The number of anilines is 2. The van der Waals surface area contributed by atoms with Crippen LogP contribution in [0, 0.1) is 0 Å². The summed E-state index contributed by atoms with van der Waals surface area (Å²) in [5, 5.41) is 0.804. The third-order valence-corrected chi connectivity index (χ3v) is 15.1.